The van der Waals surface area contributed by atoms with E-state index in [-0.39, 0.29) is 12.0 Å². The fourth-order valence-corrected chi connectivity index (χ4v) is 1.41. The number of rotatable bonds is 2. The van der Waals surface area contributed by atoms with Gasteiger partial charge in [0.25, 0.3) is 0 Å². The highest BCUT2D eigenvalue weighted by molar-refractivity contribution is 6.29. The van der Waals surface area contributed by atoms with E-state index in [0.29, 0.717) is 11.6 Å². The number of allylic oxidation sites excluding steroid dienone is 1. The van der Waals surface area contributed by atoms with Crippen molar-refractivity contribution in [1.29, 1.82) is 0 Å². The van der Waals surface area contributed by atoms with Gasteiger partial charge in [-0.25, -0.2) is 0 Å². The predicted molar refractivity (Wildman–Crippen MR) is 42.0 cm³/mol. The van der Waals surface area contributed by atoms with Crippen LogP contribution in [0.2, 0.25) is 0 Å². The monoisotopic (exact) mass is 161 g/mol. The van der Waals surface area contributed by atoms with E-state index in [0.717, 1.165) is 13.0 Å². The maximum absolute atomic E-state index is 9.28. The molecule has 0 amide bonds. The minimum Gasteiger partial charge on any atom is -0.391 e. The lowest BCUT2D eigenvalue weighted by atomic mass is 10.0. The highest BCUT2D eigenvalue weighted by Crippen LogP contribution is 2.19. The van der Waals surface area contributed by atoms with Gasteiger partial charge in [-0.1, -0.05) is 18.2 Å². The van der Waals surface area contributed by atoms with Crippen molar-refractivity contribution in [2.75, 3.05) is 13.1 Å². The van der Waals surface area contributed by atoms with Crippen LogP contribution in [0.3, 0.4) is 0 Å². The molecule has 0 bridgehead atoms. The van der Waals surface area contributed by atoms with Crippen LogP contribution in [0.5, 0.6) is 0 Å². The summed E-state index contributed by atoms with van der Waals surface area (Å²) < 4.78 is 0. The first-order valence-electron chi connectivity index (χ1n) is 3.42. The minimum absolute atomic E-state index is 0.240. The maximum atomic E-state index is 9.28. The van der Waals surface area contributed by atoms with E-state index in [1.807, 2.05) is 0 Å². The molecule has 2 atom stereocenters. The molecule has 2 nitrogen and oxygen atoms in total. The molecule has 0 aliphatic carbocycles. The summed E-state index contributed by atoms with van der Waals surface area (Å²) >= 11 is 5.59. The summed E-state index contributed by atoms with van der Waals surface area (Å²) in [5, 5.41) is 13.0. The van der Waals surface area contributed by atoms with E-state index in [1.165, 1.54) is 0 Å². The quantitative estimate of drug-likeness (QED) is 0.625. The SMILES string of the molecule is C=C(Cl)CC1CNCC1O. The molecule has 58 valence electrons. The van der Waals surface area contributed by atoms with Crippen LogP contribution in [0.25, 0.3) is 0 Å². The lowest BCUT2D eigenvalue weighted by Crippen LogP contribution is -2.17. The maximum Gasteiger partial charge on any atom is 0.0708 e. The molecule has 3 heteroatoms. The van der Waals surface area contributed by atoms with Gasteiger partial charge in [-0.05, 0) is 6.42 Å². The van der Waals surface area contributed by atoms with E-state index in [4.69, 9.17) is 11.6 Å². The highest BCUT2D eigenvalue weighted by Gasteiger charge is 2.24. The first-order chi connectivity index (χ1) is 4.70. The van der Waals surface area contributed by atoms with Gasteiger partial charge in [0.2, 0.25) is 0 Å². The molecule has 1 heterocycles. The Balaban J connectivity index is 2.33. The summed E-state index contributed by atoms with van der Waals surface area (Å²) in [6, 6.07) is 0. The summed E-state index contributed by atoms with van der Waals surface area (Å²) in [7, 11) is 0. The van der Waals surface area contributed by atoms with E-state index >= 15 is 0 Å². The Bertz CT molecular complexity index is 138. The fourth-order valence-electron chi connectivity index (χ4n) is 1.21. The second kappa shape index (κ2) is 3.37. The molecule has 0 spiro atoms. The zero-order valence-corrected chi connectivity index (χ0v) is 6.56. The summed E-state index contributed by atoms with van der Waals surface area (Å²) in [6.07, 6.45) is 0.478. The third-order valence-corrected chi connectivity index (χ3v) is 1.94. The molecule has 1 aliphatic rings. The Kier molecular flexibility index (Phi) is 2.72. The van der Waals surface area contributed by atoms with Gasteiger partial charge in [-0.15, -0.1) is 0 Å². The van der Waals surface area contributed by atoms with Crippen LogP contribution in [-0.2, 0) is 0 Å². The van der Waals surface area contributed by atoms with Crippen molar-refractivity contribution in [1.82, 2.24) is 5.32 Å². The van der Waals surface area contributed by atoms with Gasteiger partial charge < -0.3 is 10.4 Å². The molecule has 2 unspecified atom stereocenters. The number of aliphatic hydroxyl groups excluding tert-OH is 1. The Morgan fingerprint density at radius 2 is 2.40 bits per heavy atom. The Hall–Kier alpha value is -0.0500. The fraction of sp³-hybridized carbons (Fsp3) is 0.714. The average molecular weight is 162 g/mol. The third kappa shape index (κ3) is 1.97. The molecular formula is C7H12ClNO. The van der Waals surface area contributed by atoms with E-state index in [1.54, 1.807) is 0 Å². The Morgan fingerprint density at radius 1 is 1.70 bits per heavy atom. The van der Waals surface area contributed by atoms with E-state index < -0.39 is 0 Å². The van der Waals surface area contributed by atoms with Gasteiger partial charge >= 0.3 is 0 Å². The van der Waals surface area contributed by atoms with Crippen molar-refractivity contribution in [2.24, 2.45) is 5.92 Å². The van der Waals surface area contributed by atoms with Crippen molar-refractivity contribution in [3.8, 4) is 0 Å². The molecule has 1 saturated heterocycles. The number of halogens is 1. The normalized spacial score (nSPS) is 32.6. The lowest BCUT2D eigenvalue weighted by molar-refractivity contribution is 0.148. The minimum atomic E-state index is -0.240. The molecule has 0 radical (unpaired) electrons. The third-order valence-electron chi connectivity index (χ3n) is 1.79. The largest absolute Gasteiger partial charge is 0.391 e. The van der Waals surface area contributed by atoms with Gasteiger partial charge in [-0.2, -0.15) is 0 Å². The van der Waals surface area contributed by atoms with Crippen LogP contribution in [0.1, 0.15) is 6.42 Å². The first kappa shape index (κ1) is 8.05. The topological polar surface area (TPSA) is 32.3 Å². The zero-order chi connectivity index (χ0) is 7.56. The molecule has 2 N–H and O–H groups in total. The van der Waals surface area contributed by atoms with Gasteiger partial charge in [0, 0.05) is 24.0 Å². The van der Waals surface area contributed by atoms with Crippen LogP contribution < -0.4 is 5.32 Å². The standard InChI is InChI=1S/C7H12ClNO/c1-5(8)2-6-3-9-4-7(6)10/h6-7,9-10H,1-4H2. The van der Waals surface area contributed by atoms with Gasteiger partial charge in [0.15, 0.2) is 0 Å². The molecular weight excluding hydrogens is 150 g/mol. The van der Waals surface area contributed by atoms with Crippen LogP contribution in [0, 0.1) is 5.92 Å². The van der Waals surface area contributed by atoms with Crippen molar-refractivity contribution < 1.29 is 5.11 Å². The summed E-state index contributed by atoms with van der Waals surface area (Å²) in [6.45, 7) is 5.12. The van der Waals surface area contributed by atoms with Crippen molar-refractivity contribution in [3.05, 3.63) is 11.6 Å². The molecule has 10 heavy (non-hydrogen) atoms. The second-order valence-electron chi connectivity index (χ2n) is 2.71. The smallest absolute Gasteiger partial charge is 0.0708 e. The van der Waals surface area contributed by atoms with E-state index in [9.17, 15) is 5.11 Å². The molecule has 0 aromatic carbocycles. The summed E-state index contributed by atoms with van der Waals surface area (Å²) in [5.41, 5.74) is 0. The van der Waals surface area contributed by atoms with Gasteiger partial charge in [0.05, 0.1) is 6.10 Å². The van der Waals surface area contributed by atoms with Gasteiger partial charge in [-0.3, -0.25) is 0 Å². The number of nitrogens with one attached hydrogen (secondary N) is 1. The number of β-amino-alcohol motifs (C(OH)–C–C–N with tert-alkyl or cyclic N) is 1. The second-order valence-corrected chi connectivity index (χ2v) is 3.24. The molecule has 1 aliphatic heterocycles. The Labute approximate surface area is 65.9 Å². The van der Waals surface area contributed by atoms with Crippen molar-refractivity contribution in [3.63, 3.8) is 0 Å². The van der Waals surface area contributed by atoms with Crippen molar-refractivity contribution >= 4 is 11.6 Å². The average Bonchev–Trinajstić information content (AvgIpc) is 2.15. The van der Waals surface area contributed by atoms with Gasteiger partial charge in [0.1, 0.15) is 0 Å². The molecule has 0 aromatic rings. The molecule has 1 rings (SSSR count). The molecule has 0 saturated carbocycles. The van der Waals surface area contributed by atoms with Crippen LogP contribution >= 0.6 is 11.6 Å². The molecule has 1 fully saturated rings. The number of aliphatic hydroxyl groups is 1. The summed E-state index contributed by atoms with van der Waals surface area (Å²) in [4.78, 5) is 0. The highest BCUT2D eigenvalue weighted by atomic mass is 35.5. The first-order valence-corrected chi connectivity index (χ1v) is 3.80. The number of hydrogen-bond donors (Lipinski definition) is 2. The van der Waals surface area contributed by atoms with Crippen LogP contribution in [0.4, 0.5) is 0 Å². The zero-order valence-electron chi connectivity index (χ0n) is 5.81. The predicted octanol–water partition coefficient (Wildman–Crippen LogP) is 0.709. The van der Waals surface area contributed by atoms with Crippen LogP contribution in [-0.4, -0.2) is 24.3 Å². The number of hydrogen-bond acceptors (Lipinski definition) is 2. The summed E-state index contributed by atoms with van der Waals surface area (Å²) in [5.74, 6) is 0.269. The van der Waals surface area contributed by atoms with E-state index in [2.05, 4.69) is 11.9 Å². The lowest BCUT2D eigenvalue weighted by Gasteiger charge is -2.10. The molecule has 0 aromatic heterocycles. The Morgan fingerprint density at radius 3 is 2.80 bits per heavy atom. The van der Waals surface area contributed by atoms with Crippen LogP contribution in [0.15, 0.2) is 11.6 Å². The van der Waals surface area contributed by atoms with Crippen molar-refractivity contribution in [2.45, 2.75) is 12.5 Å².